The van der Waals surface area contributed by atoms with E-state index < -0.39 is 0 Å². The number of nitrogens with one attached hydrogen (secondary N) is 2. The number of halogens is 2. The van der Waals surface area contributed by atoms with Crippen LogP contribution >= 0.6 is 35.3 Å². The molecule has 0 spiro atoms. The van der Waals surface area contributed by atoms with E-state index in [0.29, 0.717) is 25.7 Å². The van der Waals surface area contributed by atoms with E-state index in [0.717, 1.165) is 22.9 Å². The molecule has 0 atom stereocenters. The molecular weight excluding hydrogens is 480 g/mol. The Bertz CT molecular complexity index is 738. The predicted octanol–water partition coefficient (Wildman–Crippen LogP) is 3.62. The third-order valence-corrected chi connectivity index (χ3v) is 4.48. The predicted molar refractivity (Wildman–Crippen MR) is 121 cm³/mol. The van der Waals surface area contributed by atoms with Crippen LogP contribution in [0.1, 0.15) is 25.1 Å². The molecule has 150 valence electrons. The van der Waals surface area contributed by atoms with Gasteiger partial charge < -0.3 is 20.3 Å². The van der Waals surface area contributed by atoms with Gasteiger partial charge in [-0.3, -0.25) is 0 Å². The number of nitrogens with zero attached hydrogens (tertiary/aromatic N) is 3. The number of thiazole rings is 1. The maximum Gasteiger partial charge on any atom is 0.191 e. The quantitative estimate of drug-likeness (QED) is 0.325. The van der Waals surface area contributed by atoms with Crippen molar-refractivity contribution in [3.8, 4) is 5.75 Å². The number of guanidine groups is 1. The number of hydrogen-bond donors (Lipinski definition) is 2. The Hall–Kier alpha value is -1.62. The first kappa shape index (κ1) is 23.4. The fourth-order valence-corrected chi connectivity index (χ4v) is 2.94. The third kappa shape index (κ3) is 7.49. The first-order valence-corrected chi connectivity index (χ1v) is 9.46. The maximum atomic E-state index is 13.9. The van der Waals surface area contributed by atoms with Crippen molar-refractivity contribution in [2.75, 3.05) is 32.1 Å². The topological polar surface area (TPSA) is 61.8 Å². The third-order valence-electron chi connectivity index (χ3n) is 3.42. The van der Waals surface area contributed by atoms with Gasteiger partial charge in [0, 0.05) is 26.0 Å². The average Bonchev–Trinajstić information content (AvgIpc) is 3.09. The van der Waals surface area contributed by atoms with Crippen molar-refractivity contribution in [1.29, 1.82) is 0 Å². The lowest BCUT2D eigenvalue weighted by molar-refractivity contribution is 0.321. The minimum atomic E-state index is -0.365. The molecule has 27 heavy (non-hydrogen) atoms. The van der Waals surface area contributed by atoms with E-state index in [1.807, 2.05) is 44.3 Å². The summed E-state index contributed by atoms with van der Waals surface area (Å²) in [5.74, 6) is 0.572. The fraction of sp³-hybridized carbons (Fsp3) is 0.444. The number of anilines is 1. The molecule has 0 saturated carbocycles. The van der Waals surface area contributed by atoms with Gasteiger partial charge in [-0.15, -0.1) is 35.3 Å². The van der Waals surface area contributed by atoms with Crippen LogP contribution in [0, 0.1) is 5.82 Å². The number of aromatic nitrogens is 1. The molecule has 0 unspecified atom stereocenters. The molecule has 0 amide bonds. The van der Waals surface area contributed by atoms with Crippen LogP contribution in [0.15, 0.2) is 28.6 Å². The van der Waals surface area contributed by atoms with Gasteiger partial charge in [-0.2, -0.15) is 0 Å². The minimum absolute atomic E-state index is 0. The molecule has 9 heteroatoms. The Morgan fingerprint density at radius 3 is 2.67 bits per heavy atom. The van der Waals surface area contributed by atoms with Gasteiger partial charge in [-0.05, 0) is 31.5 Å². The van der Waals surface area contributed by atoms with Crippen molar-refractivity contribution < 1.29 is 9.13 Å². The highest BCUT2D eigenvalue weighted by Gasteiger charge is 2.06. The Morgan fingerprint density at radius 1 is 1.30 bits per heavy atom. The summed E-state index contributed by atoms with van der Waals surface area (Å²) in [5.41, 5.74) is 1.74. The lowest BCUT2D eigenvalue weighted by Gasteiger charge is -2.11. The lowest BCUT2D eigenvalue weighted by atomic mass is 10.2. The first-order chi connectivity index (χ1) is 12.5. The van der Waals surface area contributed by atoms with E-state index >= 15 is 0 Å². The van der Waals surface area contributed by atoms with Crippen LogP contribution in [-0.2, 0) is 13.1 Å². The molecule has 1 aromatic heterocycles. The monoisotopic (exact) mass is 507 g/mol. The van der Waals surface area contributed by atoms with E-state index in [4.69, 9.17) is 4.74 Å². The van der Waals surface area contributed by atoms with Crippen LogP contribution in [0.5, 0.6) is 5.75 Å². The Morgan fingerprint density at radius 2 is 2.07 bits per heavy atom. The van der Waals surface area contributed by atoms with E-state index in [1.165, 1.54) is 6.07 Å². The van der Waals surface area contributed by atoms with Crippen molar-refractivity contribution >= 4 is 46.4 Å². The first-order valence-electron chi connectivity index (χ1n) is 8.58. The second kappa shape index (κ2) is 12.0. The molecule has 0 aliphatic heterocycles. The van der Waals surface area contributed by atoms with Crippen molar-refractivity contribution in [1.82, 2.24) is 15.6 Å². The summed E-state index contributed by atoms with van der Waals surface area (Å²) < 4.78 is 19.1. The number of ether oxygens (including phenoxy) is 1. The summed E-state index contributed by atoms with van der Waals surface area (Å²) in [4.78, 5) is 11.0. The van der Waals surface area contributed by atoms with Gasteiger partial charge >= 0.3 is 0 Å². The van der Waals surface area contributed by atoms with Crippen molar-refractivity contribution in [2.24, 2.45) is 4.99 Å². The SMILES string of the molecule is CCNC(=NCc1ccc(OCC)c(F)c1)NCc1csc(N(C)C)n1.I. The standard InChI is InChI=1S/C18H26FN5OS.HI/c1-5-20-17(22-11-14-12-26-18(23-14)24(3)4)21-10-13-7-8-16(25-6-2)15(19)9-13;/h7-9,12H,5-6,10-11H2,1-4H3,(H2,20,21,22);1H. The lowest BCUT2D eigenvalue weighted by Crippen LogP contribution is -2.36. The Balaban J connectivity index is 0.00000364. The van der Waals surface area contributed by atoms with Crippen molar-refractivity contribution in [3.05, 3.63) is 40.7 Å². The van der Waals surface area contributed by atoms with Gasteiger partial charge in [0.15, 0.2) is 22.7 Å². The Kier molecular flexibility index (Phi) is 10.4. The molecule has 0 aliphatic rings. The smallest absolute Gasteiger partial charge is 0.191 e. The average molecular weight is 507 g/mol. The molecule has 0 saturated heterocycles. The maximum absolute atomic E-state index is 13.9. The summed E-state index contributed by atoms with van der Waals surface area (Å²) in [6.45, 7) is 5.96. The van der Waals surface area contributed by atoms with Crippen LogP contribution in [0.25, 0.3) is 0 Å². The number of aliphatic imine (C=N–C) groups is 1. The van der Waals surface area contributed by atoms with E-state index in [1.54, 1.807) is 17.4 Å². The largest absolute Gasteiger partial charge is 0.491 e. The second-order valence-corrected chi connectivity index (χ2v) is 6.60. The molecular formula is C18H27FIN5OS. The molecule has 2 N–H and O–H groups in total. The zero-order valence-corrected chi connectivity index (χ0v) is 19.2. The van der Waals surface area contributed by atoms with Crippen LogP contribution in [-0.4, -0.2) is 38.2 Å². The summed E-state index contributed by atoms with van der Waals surface area (Å²) in [6, 6.07) is 4.93. The zero-order valence-electron chi connectivity index (χ0n) is 16.1. The summed E-state index contributed by atoms with van der Waals surface area (Å²) >= 11 is 1.60. The molecule has 0 aliphatic carbocycles. The van der Waals surface area contributed by atoms with E-state index in [9.17, 15) is 4.39 Å². The van der Waals surface area contributed by atoms with Gasteiger partial charge in [0.25, 0.3) is 0 Å². The highest BCUT2D eigenvalue weighted by atomic mass is 127. The molecule has 2 rings (SSSR count). The van der Waals surface area contributed by atoms with Gasteiger partial charge in [0.2, 0.25) is 0 Å². The van der Waals surface area contributed by atoms with Crippen LogP contribution in [0.3, 0.4) is 0 Å². The molecule has 1 heterocycles. The normalized spacial score (nSPS) is 10.9. The Labute approximate surface area is 181 Å². The zero-order chi connectivity index (χ0) is 18.9. The highest BCUT2D eigenvalue weighted by Crippen LogP contribution is 2.19. The number of rotatable bonds is 8. The second-order valence-electron chi connectivity index (χ2n) is 5.76. The van der Waals surface area contributed by atoms with E-state index in [2.05, 4.69) is 20.6 Å². The molecule has 0 radical (unpaired) electrons. The molecule has 6 nitrogen and oxygen atoms in total. The van der Waals surface area contributed by atoms with E-state index in [-0.39, 0.29) is 35.5 Å². The van der Waals surface area contributed by atoms with Gasteiger partial charge in [-0.1, -0.05) is 6.07 Å². The van der Waals surface area contributed by atoms with Gasteiger partial charge in [0.1, 0.15) is 0 Å². The fourth-order valence-electron chi connectivity index (χ4n) is 2.18. The molecule has 0 bridgehead atoms. The summed E-state index contributed by atoms with van der Waals surface area (Å²) in [6.07, 6.45) is 0. The number of benzene rings is 1. The van der Waals surface area contributed by atoms with Crippen molar-refractivity contribution in [2.45, 2.75) is 26.9 Å². The number of hydrogen-bond acceptors (Lipinski definition) is 5. The van der Waals surface area contributed by atoms with Gasteiger partial charge in [0.05, 0.1) is 25.4 Å². The van der Waals surface area contributed by atoms with Crippen LogP contribution < -0.4 is 20.3 Å². The van der Waals surface area contributed by atoms with Gasteiger partial charge in [-0.25, -0.2) is 14.4 Å². The summed E-state index contributed by atoms with van der Waals surface area (Å²) in [7, 11) is 3.94. The molecule has 2 aromatic rings. The molecule has 1 aromatic carbocycles. The van der Waals surface area contributed by atoms with Crippen LogP contribution in [0.2, 0.25) is 0 Å². The van der Waals surface area contributed by atoms with Crippen LogP contribution in [0.4, 0.5) is 9.52 Å². The summed E-state index contributed by atoms with van der Waals surface area (Å²) in [5, 5.41) is 9.42. The minimum Gasteiger partial charge on any atom is -0.491 e. The highest BCUT2D eigenvalue weighted by molar-refractivity contribution is 14.0. The van der Waals surface area contributed by atoms with Crippen molar-refractivity contribution in [3.63, 3.8) is 0 Å². The molecule has 0 fully saturated rings.